The molecule has 0 aliphatic heterocycles. The predicted octanol–water partition coefficient (Wildman–Crippen LogP) is 2.88. The van der Waals surface area contributed by atoms with Crippen molar-refractivity contribution in [1.29, 1.82) is 0 Å². The number of benzene rings is 2. The lowest BCUT2D eigenvalue weighted by Crippen LogP contribution is -2.21. The third-order valence-electron chi connectivity index (χ3n) is 3.29. The SMILES string of the molecule is COC(=O)c1cc([N+](=O)[O-])ccc1Oc1cccc(C(=O)N(C)C)c1. The molecule has 0 atom stereocenters. The Bertz CT molecular complexity index is 832. The lowest BCUT2D eigenvalue weighted by molar-refractivity contribution is -0.384. The van der Waals surface area contributed by atoms with E-state index in [9.17, 15) is 19.7 Å². The topological polar surface area (TPSA) is 99.0 Å². The van der Waals surface area contributed by atoms with Gasteiger partial charge in [0.2, 0.25) is 0 Å². The summed E-state index contributed by atoms with van der Waals surface area (Å²) in [7, 11) is 4.42. The Hall–Kier alpha value is -3.42. The Morgan fingerprint density at radius 1 is 1.12 bits per heavy atom. The van der Waals surface area contributed by atoms with Crippen LogP contribution in [-0.2, 0) is 4.74 Å². The number of amides is 1. The van der Waals surface area contributed by atoms with E-state index in [2.05, 4.69) is 4.74 Å². The summed E-state index contributed by atoms with van der Waals surface area (Å²) in [5.74, 6) is -0.569. The van der Waals surface area contributed by atoms with Gasteiger partial charge in [0.05, 0.1) is 12.0 Å². The van der Waals surface area contributed by atoms with Crippen molar-refractivity contribution in [1.82, 2.24) is 4.90 Å². The molecule has 130 valence electrons. The number of rotatable bonds is 5. The number of nitrogens with zero attached hydrogens (tertiary/aromatic N) is 2. The van der Waals surface area contributed by atoms with Gasteiger partial charge in [-0.3, -0.25) is 14.9 Å². The van der Waals surface area contributed by atoms with Crippen molar-refractivity contribution in [3.63, 3.8) is 0 Å². The molecule has 8 nitrogen and oxygen atoms in total. The van der Waals surface area contributed by atoms with Crippen molar-refractivity contribution in [2.24, 2.45) is 0 Å². The van der Waals surface area contributed by atoms with Crippen LogP contribution in [0.5, 0.6) is 11.5 Å². The van der Waals surface area contributed by atoms with E-state index in [-0.39, 0.29) is 22.9 Å². The molecule has 0 aliphatic rings. The summed E-state index contributed by atoms with van der Waals surface area (Å²) in [6.07, 6.45) is 0. The molecule has 0 unspecified atom stereocenters. The largest absolute Gasteiger partial charge is 0.465 e. The molecule has 2 rings (SSSR count). The molecule has 0 N–H and O–H groups in total. The Morgan fingerprint density at radius 3 is 2.44 bits per heavy atom. The van der Waals surface area contributed by atoms with E-state index in [1.54, 1.807) is 32.3 Å². The number of hydrogen-bond donors (Lipinski definition) is 0. The third-order valence-corrected chi connectivity index (χ3v) is 3.29. The highest BCUT2D eigenvalue weighted by Gasteiger charge is 2.19. The first-order valence-corrected chi connectivity index (χ1v) is 7.20. The summed E-state index contributed by atoms with van der Waals surface area (Å²) in [6.45, 7) is 0. The summed E-state index contributed by atoms with van der Waals surface area (Å²) >= 11 is 0. The first kappa shape index (κ1) is 17.9. The van der Waals surface area contributed by atoms with Crippen LogP contribution in [0.15, 0.2) is 42.5 Å². The molecule has 0 fully saturated rings. The normalized spacial score (nSPS) is 10.0. The molecule has 0 saturated heterocycles. The summed E-state index contributed by atoms with van der Waals surface area (Å²) in [6, 6.07) is 10.00. The molecule has 2 aromatic carbocycles. The second kappa shape index (κ2) is 7.43. The van der Waals surface area contributed by atoms with Gasteiger partial charge < -0.3 is 14.4 Å². The molecule has 25 heavy (non-hydrogen) atoms. The van der Waals surface area contributed by atoms with Crippen molar-refractivity contribution in [2.45, 2.75) is 0 Å². The van der Waals surface area contributed by atoms with Gasteiger partial charge in [-0.15, -0.1) is 0 Å². The molecular formula is C17H16N2O6. The van der Waals surface area contributed by atoms with Crippen LogP contribution in [0.25, 0.3) is 0 Å². The smallest absolute Gasteiger partial charge is 0.341 e. The highest BCUT2D eigenvalue weighted by molar-refractivity contribution is 5.94. The average molecular weight is 344 g/mol. The van der Waals surface area contributed by atoms with Crippen molar-refractivity contribution in [3.05, 3.63) is 63.7 Å². The van der Waals surface area contributed by atoms with Crippen LogP contribution in [0.4, 0.5) is 5.69 Å². The minimum absolute atomic E-state index is 0.0824. The number of nitro benzene ring substituents is 1. The predicted molar refractivity (Wildman–Crippen MR) is 89.0 cm³/mol. The van der Waals surface area contributed by atoms with Crippen LogP contribution >= 0.6 is 0 Å². The second-order valence-electron chi connectivity index (χ2n) is 5.26. The minimum atomic E-state index is -0.765. The summed E-state index contributed by atoms with van der Waals surface area (Å²) in [4.78, 5) is 35.6. The van der Waals surface area contributed by atoms with E-state index in [0.717, 1.165) is 6.07 Å². The van der Waals surface area contributed by atoms with Crippen LogP contribution in [0.3, 0.4) is 0 Å². The Balaban J connectivity index is 2.40. The maximum absolute atomic E-state index is 12.0. The van der Waals surface area contributed by atoms with Crippen molar-refractivity contribution < 1.29 is 24.0 Å². The van der Waals surface area contributed by atoms with Gasteiger partial charge in [0.1, 0.15) is 17.1 Å². The monoisotopic (exact) mass is 344 g/mol. The van der Waals surface area contributed by atoms with E-state index in [1.165, 1.54) is 30.2 Å². The maximum Gasteiger partial charge on any atom is 0.341 e. The van der Waals surface area contributed by atoms with Gasteiger partial charge in [-0.25, -0.2) is 4.79 Å². The van der Waals surface area contributed by atoms with Crippen LogP contribution in [-0.4, -0.2) is 42.9 Å². The zero-order valence-electron chi connectivity index (χ0n) is 13.9. The fourth-order valence-corrected chi connectivity index (χ4v) is 2.07. The summed E-state index contributed by atoms with van der Waals surface area (Å²) < 4.78 is 10.3. The lowest BCUT2D eigenvalue weighted by Gasteiger charge is -2.13. The fraction of sp³-hybridized carbons (Fsp3) is 0.176. The number of esters is 1. The lowest BCUT2D eigenvalue weighted by atomic mass is 10.1. The van der Waals surface area contributed by atoms with Gasteiger partial charge in [-0.2, -0.15) is 0 Å². The van der Waals surface area contributed by atoms with E-state index in [0.29, 0.717) is 11.3 Å². The van der Waals surface area contributed by atoms with Crippen molar-refractivity contribution in [2.75, 3.05) is 21.2 Å². The maximum atomic E-state index is 12.0. The van der Waals surface area contributed by atoms with E-state index < -0.39 is 10.9 Å². The van der Waals surface area contributed by atoms with Gasteiger partial charge in [0.25, 0.3) is 11.6 Å². The van der Waals surface area contributed by atoms with E-state index >= 15 is 0 Å². The highest BCUT2D eigenvalue weighted by atomic mass is 16.6. The van der Waals surface area contributed by atoms with Crippen LogP contribution < -0.4 is 4.74 Å². The molecule has 0 heterocycles. The van der Waals surface area contributed by atoms with Crippen molar-refractivity contribution in [3.8, 4) is 11.5 Å². The molecule has 0 aliphatic carbocycles. The van der Waals surface area contributed by atoms with Crippen LogP contribution in [0, 0.1) is 10.1 Å². The van der Waals surface area contributed by atoms with Gasteiger partial charge in [0.15, 0.2) is 0 Å². The van der Waals surface area contributed by atoms with E-state index in [4.69, 9.17) is 4.74 Å². The molecule has 0 saturated carbocycles. The number of nitro groups is 1. The fourth-order valence-electron chi connectivity index (χ4n) is 2.07. The number of carbonyl (C=O) groups excluding carboxylic acids is 2. The van der Waals surface area contributed by atoms with Gasteiger partial charge in [-0.05, 0) is 24.3 Å². The Morgan fingerprint density at radius 2 is 1.84 bits per heavy atom. The molecule has 8 heteroatoms. The van der Waals surface area contributed by atoms with Gasteiger partial charge in [-0.1, -0.05) is 6.07 Å². The number of hydrogen-bond acceptors (Lipinski definition) is 6. The molecule has 0 aromatic heterocycles. The quantitative estimate of drug-likeness (QED) is 0.470. The summed E-state index contributed by atoms with van der Waals surface area (Å²) in [5, 5.41) is 10.9. The number of methoxy groups -OCH3 is 1. The molecular weight excluding hydrogens is 328 g/mol. The first-order valence-electron chi connectivity index (χ1n) is 7.20. The highest BCUT2D eigenvalue weighted by Crippen LogP contribution is 2.30. The first-order chi connectivity index (χ1) is 11.8. The van der Waals surface area contributed by atoms with Crippen molar-refractivity contribution >= 4 is 17.6 Å². The second-order valence-corrected chi connectivity index (χ2v) is 5.26. The molecule has 1 amide bonds. The van der Waals surface area contributed by atoms with Crippen LogP contribution in [0.2, 0.25) is 0 Å². The van der Waals surface area contributed by atoms with Gasteiger partial charge >= 0.3 is 5.97 Å². The average Bonchev–Trinajstić information content (AvgIpc) is 2.60. The molecule has 0 spiro atoms. The molecule has 0 bridgehead atoms. The molecule has 0 radical (unpaired) electrons. The Labute approximate surface area is 143 Å². The van der Waals surface area contributed by atoms with E-state index in [1.807, 2.05) is 0 Å². The standard InChI is InChI=1S/C17H16N2O6/c1-18(2)16(20)11-5-4-6-13(9-11)25-15-8-7-12(19(22)23)10-14(15)17(21)24-3/h4-10H,1-3H3. The third kappa shape index (κ3) is 4.11. The molecule has 2 aromatic rings. The number of non-ortho nitro benzene ring substituents is 1. The number of ether oxygens (including phenoxy) is 2. The van der Waals surface area contributed by atoms with Gasteiger partial charge in [0, 0.05) is 31.8 Å². The zero-order valence-corrected chi connectivity index (χ0v) is 13.9. The summed E-state index contributed by atoms with van der Waals surface area (Å²) in [5.41, 5.74) is 0.0642. The van der Waals surface area contributed by atoms with Crippen LogP contribution in [0.1, 0.15) is 20.7 Å². The minimum Gasteiger partial charge on any atom is -0.465 e. The zero-order chi connectivity index (χ0) is 18.6. The number of carbonyl (C=O) groups is 2. The Kier molecular flexibility index (Phi) is 5.33.